The molecule has 1 amide bonds. The summed E-state index contributed by atoms with van der Waals surface area (Å²) in [6.07, 6.45) is 7.30. The zero-order chi connectivity index (χ0) is 14.8. The first kappa shape index (κ1) is 14.9. The Hall–Kier alpha value is -1.00. The monoisotopic (exact) mass is 304 g/mol. The third kappa shape index (κ3) is 2.97. The topological polar surface area (TPSA) is 32.3 Å². The Kier molecular flexibility index (Phi) is 4.55. The van der Waals surface area contributed by atoms with E-state index in [4.69, 9.17) is 0 Å². The average Bonchev–Trinajstić information content (AvgIpc) is 3.16. The molecule has 2 unspecified atom stereocenters. The highest BCUT2D eigenvalue weighted by atomic mass is 32.2. The molecule has 1 saturated carbocycles. The second kappa shape index (κ2) is 6.41. The molecule has 21 heavy (non-hydrogen) atoms. The number of thioether (sulfide) groups is 1. The number of benzene rings is 1. The van der Waals surface area contributed by atoms with Gasteiger partial charge < -0.3 is 4.90 Å². The lowest BCUT2D eigenvalue weighted by atomic mass is 9.97. The van der Waals surface area contributed by atoms with Crippen LogP contribution in [0.3, 0.4) is 0 Å². The SMILES string of the molecule is CSc1ccc(C2NCC(=O)N2C(C)C2CCCC2)cc1. The van der Waals surface area contributed by atoms with Crippen molar-refractivity contribution in [1.82, 2.24) is 10.2 Å². The average molecular weight is 304 g/mol. The van der Waals surface area contributed by atoms with E-state index in [0.717, 1.165) is 0 Å². The summed E-state index contributed by atoms with van der Waals surface area (Å²) in [6, 6.07) is 8.92. The van der Waals surface area contributed by atoms with Crippen molar-refractivity contribution >= 4 is 17.7 Å². The largest absolute Gasteiger partial charge is 0.319 e. The molecule has 3 nitrogen and oxygen atoms in total. The van der Waals surface area contributed by atoms with Gasteiger partial charge in [0.1, 0.15) is 6.17 Å². The lowest BCUT2D eigenvalue weighted by molar-refractivity contribution is -0.131. The van der Waals surface area contributed by atoms with Crippen molar-refractivity contribution in [3.05, 3.63) is 29.8 Å². The Labute approximate surface area is 131 Å². The Morgan fingerprint density at radius 2 is 1.90 bits per heavy atom. The van der Waals surface area contributed by atoms with Crippen LogP contribution in [0.25, 0.3) is 0 Å². The number of carbonyl (C=O) groups is 1. The summed E-state index contributed by atoms with van der Waals surface area (Å²) in [4.78, 5) is 15.7. The van der Waals surface area contributed by atoms with Gasteiger partial charge in [0.05, 0.1) is 6.54 Å². The van der Waals surface area contributed by atoms with E-state index in [1.165, 1.54) is 36.1 Å². The quantitative estimate of drug-likeness (QED) is 0.865. The van der Waals surface area contributed by atoms with E-state index in [1.54, 1.807) is 11.8 Å². The van der Waals surface area contributed by atoms with E-state index >= 15 is 0 Å². The molecule has 1 aliphatic carbocycles. The van der Waals surface area contributed by atoms with Crippen LogP contribution in [0.2, 0.25) is 0 Å². The van der Waals surface area contributed by atoms with Gasteiger partial charge >= 0.3 is 0 Å². The van der Waals surface area contributed by atoms with E-state index < -0.39 is 0 Å². The van der Waals surface area contributed by atoms with Gasteiger partial charge in [-0.3, -0.25) is 10.1 Å². The van der Waals surface area contributed by atoms with Crippen LogP contribution in [0.15, 0.2) is 29.2 Å². The molecule has 114 valence electrons. The lowest BCUT2D eigenvalue weighted by Gasteiger charge is -2.34. The lowest BCUT2D eigenvalue weighted by Crippen LogP contribution is -2.41. The summed E-state index contributed by atoms with van der Waals surface area (Å²) in [5, 5.41) is 3.38. The van der Waals surface area contributed by atoms with Gasteiger partial charge in [-0.2, -0.15) is 0 Å². The molecular weight excluding hydrogens is 280 g/mol. The first-order valence-corrected chi connectivity index (χ1v) is 9.11. The van der Waals surface area contributed by atoms with Crippen molar-refractivity contribution in [3.8, 4) is 0 Å². The van der Waals surface area contributed by atoms with Crippen molar-refractivity contribution < 1.29 is 4.79 Å². The van der Waals surface area contributed by atoms with Crippen molar-refractivity contribution in [1.29, 1.82) is 0 Å². The number of hydrogen-bond acceptors (Lipinski definition) is 3. The van der Waals surface area contributed by atoms with Gasteiger partial charge in [0.15, 0.2) is 0 Å². The van der Waals surface area contributed by atoms with Crippen LogP contribution in [0.4, 0.5) is 0 Å². The highest BCUT2D eigenvalue weighted by Crippen LogP contribution is 2.35. The fourth-order valence-corrected chi connectivity index (χ4v) is 4.12. The second-order valence-electron chi connectivity index (χ2n) is 6.14. The molecule has 1 aromatic carbocycles. The van der Waals surface area contributed by atoms with Gasteiger partial charge in [-0.25, -0.2) is 0 Å². The van der Waals surface area contributed by atoms with Crippen LogP contribution in [-0.4, -0.2) is 29.6 Å². The van der Waals surface area contributed by atoms with E-state index in [2.05, 4.69) is 47.7 Å². The minimum absolute atomic E-state index is 0.0454. The standard InChI is InChI=1S/C17H24N2OS/c1-12(13-5-3-4-6-13)19-16(20)11-18-17(19)14-7-9-15(21-2)10-8-14/h7-10,12-13,17-18H,3-6,11H2,1-2H3. The number of hydrogen-bond donors (Lipinski definition) is 1. The molecule has 1 heterocycles. The Balaban J connectivity index is 1.80. The van der Waals surface area contributed by atoms with E-state index in [1.807, 2.05) is 0 Å². The molecule has 2 aliphatic rings. The Morgan fingerprint density at radius 3 is 2.52 bits per heavy atom. The fourth-order valence-electron chi connectivity index (χ4n) is 3.71. The number of nitrogens with zero attached hydrogens (tertiary/aromatic N) is 1. The molecule has 4 heteroatoms. The van der Waals surface area contributed by atoms with Crippen molar-refractivity contribution in [2.45, 2.75) is 49.7 Å². The second-order valence-corrected chi connectivity index (χ2v) is 7.02. The number of nitrogens with one attached hydrogen (secondary N) is 1. The Bertz CT molecular complexity index is 496. The minimum Gasteiger partial charge on any atom is -0.319 e. The van der Waals surface area contributed by atoms with Crippen molar-refractivity contribution in [2.24, 2.45) is 5.92 Å². The maximum atomic E-state index is 12.3. The van der Waals surface area contributed by atoms with Gasteiger partial charge in [-0.05, 0) is 49.6 Å². The summed E-state index contributed by atoms with van der Waals surface area (Å²) in [6.45, 7) is 2.69. The molecular formula is C17H24N2OS. The molecule has 0 aromatic heterocycles. The number of amides is 1. The highest BCUT2D eigenvalue weighted by Gasteiger charge is 2.38. The van der Waals surface area contributed by atoms with Gasteiger partial charge in [-0.1, -0.05) is 25.0 Å². The third-order valence-corrected chi connectivity index (χ3v) is 5.71. The van der Waals surface area contributed by atoms with Gasteiger partial charge in [0.2, 0.25) is 5.91 Å². The molecule has 0 radical (unpaired) electrons. The van der Waals surface area contributed by atoms with Crippen LogP contribution in [0, 0.1) is 5.92 Å². The maximum Gasteiger partial charge on any atom is 0.238 e. The highest BCUT2D eigenvalue weighted by molar-refractivity contribution is 7.98. The molecule has 2 fully saturated rings. The summed E-state index contributed by atoms with van der Waals surface area (Å²) in [5.74, 6) is 0.912. The molecule has 1 aliphatic heterocycles. The third-order valence-electron chi connectivity index (χ3n) is 4.97. The molecule has 0 bridgehead atoms. The van der Waals surface area contributed by atoms with E-state index in [9.17, 15) is 4.79 Å². The van der Waals surface area contributed by atoms with Crippen molar-refractivity contribution in [2.75, 3.05) is 12.8 Å². The smallest absolute Gasteiger partial charge is 0.238 e. The van der Waals surface area contributed by atoms with Gasteiger partial charge in [0, 0.05) is 10.9 Å². The maximum absolute atomic E-state index is 12.3. The number of carbonyl (C=O) groups excluding carboxylic acids is 1. The summed E-state index contributed by atoms with van der Waals surface area (Å²) in [7, 11) is 0. The normalized spacial score (nSPS) is 24.8. The van der Waals surface area contributed by atoms with Crippen LogP contribution >= 0.6 is 11.8 Å². The molecule has 1 saturated heterocycles. The minimum atomic E-state index is 0.0454. The summed E-state index contributed by atoms with van der Waals surface area (Å²) in [5.41, 5.74) is 1.20. The first-order chi connectivity index (χ1) is 10.2. The summed E-state index contributed by atoms with van der Waals surface area (Å²) >= 11 is 1.75. The van der Waals surface area contributed by atoms with Crippen LogP contribution in [-0.2, 0) is 4.79 Å². The Morgan fingerprint density at radius 1 is 1.24 bits per heavy atom. The zero-order valence-corrected chi connectivity index (χ0v) is 13.7. The molecule has 1 aromatic rings. The fraction of sp³-hybridized carbons (Fsp3) is 0.588. The number of rotatable bonds is 4. The first-order valence-electron chi connectivity index (χ1n) is 7.89. The molecule has 2 atom stereocenters. The molecule has 1 N–H and O–H groups in total. The predicted octanol–water partition coefficient (Wildman–Crippen LogP) is 3.42. The van der Waals surface area contributed by atoms with Gasteiger partial charge in [0.25, 0.3) is 0 Å². The van der Waals surface area contributed by atoms with Crippen LogP contribution < -0.4 is 5.32 Å². The molecule has 3 rings (SSSR count). The van der Waals surface area contributed by atoms with E-state index in [-0.39, 0.29) is 12.1 Å². The molecule has 0 spiro atoms. The summed E-state index contributed by atoms with van der Waals surface area (Å²) < 4.78 is 0. The zero-order valence-electron chi connectivity index (χ0n) is 12.8. The van der Waals surface area contributed by atoms with E-state index in [0.29, 0.717) is 18.5 Å². The van der Waals surface area contributed by atoms with Crippen LogP contribution in [0.1, 0.15) is 44.3 Å². The predicted molar refractivity (Wildman–Crippen MR) is 87.2 cm³/mol. The van der Waals surface area contributed by atoms with Gasteiger partial charge in [-0.15, -0.1) is 11.8 Å². The van der Waals surface area contributed by atoms with Crippen molar-refractivity contribution in [3.63, 3.8) is 0 Å². The van der Waals surface area contributed by atoms with Crippen LogP contribution in [0.5, 0.6) is 0 Å².